The van der Waals surface area contributed by atoms with Gasteiger partial charge in [0.15, 0.2) is 16.6 Å². The first-order valence-corrected chi connectivity index (χ1v) is 16.5. The maximum atomic E-state index is 6.41. The van der Waals surface area contributed by atoms with E-state index in [-0.39, 0.29) is 0 Å². The summed E-state index contributed by atoms with van der Waals surface area (Å²) in [6.07, 6.45) is 3.95. The molecule has 4 N–H and O–H groups in total. The molecular weight excluding hydrogens is 594 g/mol. The lowest BCUT2D eigenvalue weighted by molar-refractivity contribution is 0.185. The summed E-state index contributed by atoms with van der Waals surface area (Å²) < 4.78 is 6.41. The van der Waals surface area contributed by atoms with Gasteiger partial charge in [-0.1, -0.05) is 54.6 Å². The standard InChI is InChI=1S/C32H34N7OPS2/c1-25(30(37-38-31(42)33-2)26-18-20-34-21-19-26)36-39-32(43)35-22-23-40-24-41(27-12-6-3-7-13-27,28-14-8-4-9-15-28)29-16-10-5-11-17-29/h3-21H,22-24H2,1-2H3,(H3-,33,34,35,36,37,38,39,42,43)/p+1. The highest BCUT2D eigenvalue weighted by molar-refractivity contribution is 7.95. The lowest BCUT2D eigenvalue weighted by Gasteiger charge is -2.27. The molecular formula is C32H35N7OPS2+. The smallest absolute Gasteiger partial charge is 0.187 e. The summed E-state index contributed by atoms with van der Waals surface area (Å²) in [7, 11) is -0.335. The summed E-state index contributed by atoms with van der Waals surface area (Å²) in [4.78, 5) is 4.08. The third-order valence-electron chi connectivity index (χ3n) is 6.53. The molecule has 0 aliphatic heterocycles. The van der Waals surface area contributed by atoms with Crippen molar-refractivity contribution in [2.75, 3.05) is 26.5 Å². The van der Waals surface area contributed by atoms with Crippen molar-refractivity contribution < 1.29 is 4.74 Å². The number of ether oxygens (including phenoxy) is 1. The molecule has 4 rings (SSSR count). The minimum atomic E-state index is -2.06. The van der Waals surface area contributed by atoms with Crippen LogP contribution in [0.5, 0.6) is 0 Å². The quantitative estimate of drug-likeness (QED) is 0.0621. The summed E-state index contributed by atoms with van der Waals surface area (Å²) in [6, 6.07) is 35.7. The van der Waals surface area contributed by atoms with Gasteiger partial charge in [0, 0.05) is 31.5 Å². The average Bonchev–Trinajstić information content (AvgIpc) is 3.07. The van der Waals surface area contributed by atoms with E-state index in [0.717, 1.165) is 5.56 Å². The molecule has 4 aromatic rings. The molecule has 220 valence electrons. The van der Waals surface area contributed by atoms with Crippen LogP contribution in [0.3, 0.4) is 0 Å². The number of aromatic nitrogens is 1. The first-order chi connectivity index (χ1) is 21.0. The van der Waals surface area contributed by atoms with Crippen LogP contribution in [0.25, 0.3) is 0 Å². The fourth-order valence-corrected chi connectivity index (χ4v) is 8.39. The van der Waals surface area contributed by atoms with Gasteiger partial charge in [0.1, 0.15) is 28.9 Å². The molecule has 3 aromatic carbocycles. The van der Waals surface area contributed by atoms with E-state index in [9.17, 15) is 0 Å². The lowest BCUT2D eigenvalue weighted by atomic mass is 10.1. The van der Waals surface area contributed by atoms with E-state index in [1.54, 1.807) is 19.4 Å². The zero-order valence-electron chi connectivity index (χ0n) is 24.1. The molecule has 0 aliphatic rings. The number of hydrogen-bond acceptors (Lipinski definition) is 6. The van der Waals surface area contributed by atoms with Crippen molar-refractivity contribution in [3.8, 4) is 0 Å². The number of pyridine rings is 1. The molecule has 1 heterocycles. The molecule has 11 heteroatoms. The first-order valence-electron chi connectivity index (χ1n) is 13.7. The Hall–Kier alpha value is -4.08. The van der Waals surface area contributed by atoms with Crippen LogP contribution >= 0.6 is 31.7 Å². The molecule has 0 amide bonds. The van der Waals surface area contributed by atoms with E-state index in [0.29, 0.717) is 41.1 Å². The predicted octanol–water partition coefficient (Wildman–Crippen LogP) is 3.69. The molecule has 1 aromatic heterocycles. The highest BCUT2D eigenvalue weighted by Crippen LogP contribution is 2.55. The van der Waals surface area contributed by atoms with Gasteiger partial charge in [0.2, 0.25) is 0 Å². The summed E-state index contributed by atoms with van der Waals surface area (Å²) >= 11 is 10.6. The first kappa shape index (κ1) is 31.8. The average molecular weight is 629 g/mol. The Bertz CT molecular complexity index is 1430. The highest BCUT2D eigenvalue weighted by atomic mass is 32.1. The second kappa shape index (κ2) is 16.5. The van der Waals surface area contributed by atoms with Gasteiger partial charge in [-0.25, -0.2) is 0 Å². The van der Waals surface area contributed by atoms with Crippen LogP contribution in [0.15, 0.2) is 126 Å². The molecule has 0 radical (unpaired) electrons. The van der Waals surface area contributed by atoms with E-state index in [4.69, 9.17) is 29.2 Å². The van der Waals surface area contributed by atoms with Crippen LogP contribution in [0.1, 0.15) is 12.5 Å². The lowest BCUT2D eigenvalue weighted by Crippen LogP contribution is -2.37. The predicted molar refractivity (Wildman–Crippen MR) is 188 cm³/mol. The molecule has 0 saturated heterocycles. The fraction of sp³-hybridized carbons (Fsp3) is 0.156. The minimum absolute atomic E-state index is 0.381. The number of rotatable bonds is 12. The number of nitrogens with zero attached hydrogens (tertiary/aromatic N) is 3. The maximum absolute atomic E-state index is 6.41. The summed E-state index contributed by atoms with van der Waals surface area (Å²) in [5, 5.41) is 19.5. The molecule has 0 bridgehead atoms. The molecule has 0 fully saturated rings. The monoisotopic (exact) mass is 628 g/mol. The molecule has 0 atom stereocenters. The van der Waals surface area contributed by atoms with Crippen molar-refractivity contribution in [1.29, 1.82) is 0 Å². The second-order valence-corrected chi connectivity index (χ2v) is 13.5. The molecule has 0 aliphatic carbocycles. The van der Waals surface area contributed by atoms with Crippen molar-refractivity contribution in [1.82, 2.24) is 26.5 Å². The van der Waals surface area contributed by atoms with Gasteiger partial charge in [-0.2, -0.15) is 10.2 Å². The SMILES string of the molecule is CNC(=S)NN=C(C(C)=NNC(=S)NCCOC[P+](c1ccccc1)(c1ccccc1)c1ccccc1)c1ccncc1. The van der Waals surface area contributed by atoms with E-state index < -0.39 is 7.26 Å². The minimum Gasteiger partial charge on any atom is -0.364 e. The highest BCUT2D eigenvalue weighted by Gasteiger charge is 2.45. The summed E-state index contributed by atoms with van der Waals surface area (Å²) in [6.45, 7) is 2.82. The molecule has 43 heavy (non-hydrogen) atoms. The Morgan fingerprint density at radius 3 is 1.77 bits per heavy atom. The normalized spacial score (nSPS) is 11.9. The summed E-state index contributed by atoms with van der Waals surface area (Å²) in [5.41, 5.74) is 7.76. The topological polar surface area (TPSA) is 95.0 Å². The number of benzene rings is 3. The van der Waals surface area contributed by atoms with Crippen molar-refractivity contribution >= 4 is 69.3 Å². The van der Waals surface area contributed by atoms with Crippen LogP contribution in [0.2, 0.25) is 0 Å². The summed E-state index contributed by atoms with van der Waals surface area (Å²) in [5.74, 6) is 0. The van der Waals surface area contributed by atoms with Gasteiger partial charge in [0.05, 0.1) is 12.3 Å². The van der Waals surface area contributed by atoms with Gasteiger partial charge in [0.25, 0.3) is 0 Å². The van der Waals surface area contributed by atoms with Gasteiger partial charge in [-0.3, -0.25) is 15.8 Å². The molecule has 0 saturated carbocycles. The Balaban J connectivity index is 1.40. The maximum Gasteiger partial charge on any atom is 0.187 e. The Kier molecular flexibility index (Phi) is 12.2. The zero-order chi connectivity index (χ0) is 30.3. The van der Waals surface area contributed by atoms with E-state index in [2.05, 4.69) is 128 Å². The van der Waals surface area contributed by atoms with Crippen LogP contribution < -0.4 is 37.4 Å². The molecule has 0 unspecified atom stereocenters. The number of nitrogens with one attached hydrogen (secondary N) is 4. The number of hydrazone groups is 2. The van der Waals surface area contributed by atoms with Crippen molar-refractivity contribution in [2.45, 2.75) is 6.92 Å². The zero-order valence-corrected chi connectivity index (χ0v) is 26.6. The van der Waals surface area contributed by atoms with Crippen molar-refractivity contribution in [3.63, 3.8) is 0 Å². The Morgan fingerprint density at radius 1 is 0.744 bits per heavy atom. The van der Waals surface area contributed by atoms with Crippen LogP contribution in [-0.2, 0) is 4.74 Å². The van der Waals surface area contributed by atoms with Crippen LogP contribution in [-0.4, -0.2) is 53.2 Å². The van der Waals surface area contributed by atoms with Crippen LogP contribution in [0.4, 0.5) is 0 Å². The van der Waals surface area contributed by atoms with Gasteiger partial charge >= 0.3 is 0 Å². The van der Waals surface area contributed by atoms with E-state index in [1.807, 2.05) is 19.1 Å². The number of hydrogen-bond donors (Lipinski definition) is 4. The second-order valence-electron chi connectivity index (χ2n) is 9.31. The Morgan fingerprint density at radius 2 is 1.26 bits per heavy atom. The van der Waals surface area contributed by atoms with Crippen molar-refractivity contribution in [2.24, 2.45) is 10.2 Å². The van der Waals surface area contributed by atoms with E-state index in [1.165, 1.54) is 15.9 Å². The largest absolute Gasteiger partial charge is 0.364 e. The Labute approximate surface area is 264 Å². The van der Waals surface area contributed by atoms with Crippen molar-refractivity contribution in [3.05, 3.63) is 121 Å². The van der Waals surface area contributed by atoms with Crippen LogP contribution in [0, 0.1) is 0 Å². The van der Waals surface area contributed by atoms with E-state index >= 15 is 0 Å². The third-order valence-corrected chi connectivity index (χ3v) is 11.2. The van der Waals surface area contributed by atoms with Gasteiger partial charge < -0.3 is 15.4 Å². The van der Waals surface area contributed by atoms with Gasteiger partial charge in [-0.05, 0) is 79.9 Å². The fourth-order valence-electron chi connectivity index (χ4n) is 4.41. The van der Waals surface area contributed by atoms with Gasteiger partial charge in [-0.15, -0.1) is 0 Å². The molecule has 8 nitrogen and oxygen atoms in total. The molecule has 0 spiro atoms. The third kappa shape index (κ3) is 8.72. The number of thiocarbonyl (C=S) groups is 2.